The van der Waals surface area contributed by atoms with Gasteiger partial charge in [0.15, 0.2) is 5.78 Å². The number of ketones is 1. The van der Waals surface area contributed by atoms with Crippen LogP contribution in [0.3, 0.4) is 0 Å². The summed E-state index contributed by atoms with van der Waals surface area (Å²) in [6, 6.07) is 3.44. The molecule has 16 heavy (non-hydrogen) atoms. The second-order valence-corrected chi connectivity index (χ2v) is 3.99. The van der Waals surface area contributed by atoms with E-state index in [1.165, 1.54) is 0 Å². The smallest absolute Gasteiger partial charge is 0.294 e. The molecule has 0 unspecified atom stereocenters. The molecule has 1 aromatic rings. The Morgan fingerprint density at radius 1 is 1.12 bits per heavy atom. The van der Waals surface area contributed by atoms with Crippen molar-refractivity contribution in [2.24, 2.45) is 0 Å². The van der Waals surface area contributed by atoms with Gasteiger partial charge in [-0.1, -0.05) is 17.7 Å². The van der Waals surface area contributed by atoms with E-state index in [-0.39, 0.29) is 5.56 Å². The lowest BCUT2D eigenvalue weighted by Crippen LogP contribution is -2.16. The number of halogens is 3. The van der Waals surface area contributed by atoms with Crippen LogP contribution >= 0.6 is 0 Å². The van der Waals surface area contributed by atoms with Crippen LogP contribution in [0.15, 0.2) is 12.1 Å². The van der Waals surface area contributed by atoms with Gasteiger partial charge >= 0.3 is 6.18 Å². The number of carbonyl (C=O) groups is 1. The van der Waals surface area contributed by atoms with E-state index in [0.717, 1.165) is 5.56 Å². The summed E-state index contributed by atoms with van der Waals surface area (Å²) < 4.78 is 36.3. The highest BCUT2D eigenvalue weighted by molar-refractivity contribution is 5.99. The molecular weight excluding hydrogens is 217 g/mol. The molecular formula is C12H13F3O. The van der Waals surface area contributed by atoms with E-state index in [1.54, 1.807) is 26.0 Å². The van der Waals surface area contributed by atoms with E-state index in [1.807, 2.05) is 6.92 Å². The van der Waals surface area contributed by atoms with Crippen LogP contribution in [0.25, 0.3) is 0 Å². The molecule has 0 heterocycles. The molecule has 0 fully saturated rings. The number of aryl methyl sites for hydroxylation is 3. The number of carbonyl (C=O) groups excluding carboxylic acids is 1. The molecule has 0 N–H and O–H groups in total. The Balaban J connectivity index is 3.10. The molecule has 0 bridgehead atoms. The highest BCUT2D eigenvalue weighted by Gasteiger charge is 2.32. The van der Waals surface area contributed by atoms with Gasteiger partial charge in [-0.05, 0) is 31.9 Å². The molecule has 0 saturated carbocycles. The highest BCUT2D eigenvalue weighted by Crippen LogP contribution is 2.25. The average Bonchev–Trinajstić information content (AvgIpc) is 1.96. The minimum absolute atomic E-state index is 0.197. The monoisotopic (exact) mass is 230 g/mol. The average molecular weight is 230 g/mol. The van der Waals surface area contributed by atoms with Crippen molar-refractivity contribution in [3.8, 4) is 0 Å². The number of alkyl halides is 3. The fourth-order valence-corrected chi connectivity index (χ4v) is 1.89. The number of benzene rings is 1. The van der Waals surface area contributed by atoms with Crippen molar-refractivity contribution in [3.05, 3.63) is 34.4 Å². The Kier molecular flexibility index (Phi) is 3.41. The van der Waals surface area contributed by atoms with Gasteiger partial charge in [-0.3, -0.25) is 4.79 Å². The molecule has 4 heteroatoms. The summed E-state index contributed by atoms with van der Waals surface area (Å²) in [5.41, 5.74) is 2.35. The zero-order chi connectivity index (χ0) is 12.5. The molecule has 0 aliphatic rings. The Hall–Kier alpha value is -1.32. The van der Waals surface area contributed by atoms with Crippen molar-refractivity contribution >= 4 is 5.78 Å². The molecule has 0 amide bonds. The van der Waals surface area contributed by atoms with Gasteiger partial charge in [0.05, 0.1) is 0 Å². The molecule has 1 rings (SSSR count). The Bertz CT molecular complexity index is 396. The van der Waals surface area contributed by atoms with Crippen LogP contribution in [0.4, 0.5) is 13.2 Å². The van der Waals surface area contributed by atoms with E-state index in [4.69, 9.17) is 0 Å². The molecule has 1 nitrogen and oxygen atoms in total. The van der Waals surface area contributed by atoms with Gasteiger partial charge in [0.1, 0.15) is 6.42 Å². The van der Waals surface area contributed by atoms with Gasteiger partial charge < -0.3 is 0 Å². The molecule has 1 aromatic carbocycles. The molecule has 0 aliphatic heterocycles. The molecule has 88 valence electrons. The molecule has 0 atom stereocenters. The first-order chi connectivity index (χ1) is 7.20. The fraction of sp³-hybridized carbons (Fsp3) is 0.417. The highest BCUT2D eigenvalue weighted by atomic mass is 19.4. The molecule has 0 radical (unpaired) electrons. The second kappa shape index (κ2) is 4.28. The maximum absolute atomic E-state index is 12.1. The molecule has 0 aromatic heterocycles. The molecule has 0 aliphatic carbocycles. The van der Waals surface area contributed by atoms with Crippen LogP contribution in [0.2, 0.25) is 0 Å². The third kappa shape index (κ3) is 3.08. The van der Waals surface area contributed by atoms with Crippen LogP contribution in [-0.4, -0.2) is 12.0 Å². The standard InChI is InChI=1S/C12H13F3O/c1-7-4-8(2)11(9(3)5-7)10(16)6-12(13,14)15/h4-5H,6H2,1-3H3. The summed E-state index contributed by atoms with van der Waals surface area (Å²) in [6.07, 6.45) is -5.83. The number of hydrogen-bond acceptors (Lipinski definition) is 1. The summed E-state index contributed by atoms with van der Waals surface area (Å²) >= 11 is 0. The fourth-order valence-electron chi connectivity index (χ4n) is 1.89. The Morgan fingerprint density at radius 3 is 1.94 bits per heavy atom. The maximum atomic E-state index is 12.1. The van der Waals surface area contributed by atoms with Crippen molar-refractivity contribution in [1.29, 1.82) is 0 Å². The molecule has 0 spiro atoms. The van der Waals surface area contributed by atoms with Crippen LogP contribution in [0.5, 0.6) is 0 Å². The predicted octanol–water partition coefficient (Wildman–Crippen LogP) is 3.75. The summed E-state index contributed by atoms with van der Waals surface area (Å²) in [7, 11) is 0. The lowest BCUT2D eigenvalue weighted by Gasteiger charge is -2.11. The van der Waals surface area contributed by atoms with Gasteiger partial charge in [0.2, 0.25) is 0 Å². The van der Waals surface area contributed by atoms with Crippen molar-refractivity contribution < 1.29 is 18.0 Å². The van der Waals surface area contributed by atoms with E-state index in [2.05, 4.69) is 0 Å². The topological polar surface area (TPSA) is 17.1 Å². The third-order valence-corrected chi connectivity index (χ3v) is 2.32. The first-order valence-electron chi connectivity index (χ1n) is 4.88. The van der Waals surface area contributed by atoms with E-state index >= 15 is 0 Å². The van der Waals surface area contributed by atoms with Crippen molar-refractivity contribution in [2.75, 3.05) is 0 Å². The number of rotatable bonds is 2. The zero-order valence-corrected chi connectivity index (χ0v) is 9.40. The Labute approximate surface area is 92.3 Å². The third-order valence-electron chi connectivity index (χ3n) is 2.32. The van der Waals surface area contributed by atoms with Crippen LogP contribution < -0.4 is 0 Å². The zero-order valence-electron chi connectivity index (χ0n) is 9.40. The van der Waals surface area contributed by atoms with Crippen molar-refractivity contribution in [2.45, 2.75) is 33.4 Å². The quantitative estimate of drug-likeness (QED) is 0.707. The minimum atomic E-state index is -4.44. The maximum Gasteiger partial charge on any atom is 0.396 e. The number of Topliss-reactive ketones (excluding diaryl/α,β-unsaturated/α-hetero) is 1. The van der Waals surface area contributed by atoms with E-state index < -0.39 is 18.4 Å². The van der Waals surface area contributed by atoms with E-state index in [0.29, 0.717) is 11.1 Å². The minimum Gasteiger partial charge on any atom is -0.294 e. The number of hydrogen-bond donors (Lipinski definition) is 0. The lowest BCUT2D eigenvalue weighted by molar-refractivity contribution is -0.125. The predicted molar refractivity (Wildman–Crippen MR) is 55.7 cm³/mol. The van der Waals surface area contributed by atoms with E-state index in [9.17, 15) is 18.0 Å². The van der Waals surface area contributed by atoms with Gasteiger partial charge in [0, 0.05) is 5.56 Å². The normalized spacial score (nSPS) is 11.6. The van der Waals surface area contributed by atoms with Crippen molar-refractivity contribution in [3.63, 3.8) is 0 Å². The van der Waals surface area contributed by atoms with Crippen LogP contribution in [-0.2, 0) is 0 Å². The first-order valence-corrected chi connectivity index (χ1v) is 4.88. The van der Waals surface area contributed by atoms with Gasteiger partial charge in [-0.15, -0.1) is 0 Å². The second-order valence-electron chi connectivity index (χ2n) is 3.99. The SMILES string of the molecule is Cc1cc(C)c(C(=O)CC(F)(F)F)c(C)c1. The first kappa shape index (κ1) is 12.7. The van der Waals surface area contributed by atoms with Gasteiger partial charge in [-0.2, -0.15) is 13.2 Å². The summed E-state index contributed by atoms with van der Waals surface area (Å²) in [5.74, 6) is -0.859. The van der Waals surface area contributed by atoms with Gasteiger partial charge in [-0.25, -0.2) is 0 Å². The summed E-state index contributed by atoms with van der Waals surface area (Å²) in [5, 5.41) is 0. The largest absolute Gasteiger partial charge is 0.396 e. The Morgan fingerprint density at radius 2 is 1.56 bits per heavy atom. The lowest BCUT2D eigenvalue weighted by atomic mass is 9.95. The van der Waals surface area contributed by atoms with Crippen LogP contribution in [0, 0.1) is 20.8 Å². The summed E-state index contributed by atoms with van der Waals surface area (Å²) in [4.78, 5) is 11.5. The van der Waals surface area contributed by atoms with Gasteiger partial charge in [0.25, 0.3) is 0 Å². The molecule has 0 saturated heterocycles. The summed E-state index contributed by atoms with van der Waals surface area (Å²) in [6.45, 7) is 5.16. The van der Waals surface area contributed by atoms with Crippen LogP contribution in [0.1, 0.15) is 33.5 Å². The van der Waals surface area contributed by atoms with Crippen molar-refractivity contribution in [1.82, 2.24) is 0 Å².